The summed E-state index contributed by atoms with van der Waals surface area (Å²) in [4.78, 5) is 16.2. The quantitative estimate of drug-likeness (QED) is 0.755. The number of anilines is 1. The Kier molecular flexibility index (Phi) is 4.51. The fourth-order valence-electron chi connectivity index (χ4n) is 2.16. The van der Waals surface area contributed by atoms with E-state index >= 15 is 0 Å². The highest BCUT2D eigenvalue weighted by Crippen LogP contribution is 2.13. The summed E-state index contributed by atoms with van der Waals surface area (Å²) in [5.41, 5.74) is 2.50. The molecular formula is C17H15FN4O2. The molecule has 3 aromatic rings. The maximum absolute atomic E-state index is 12.9. The zero-order valence-corrected chi connectivity index (χ0v) is 12.9. The molecule has 3 rings (SSSR count). The molecule has 24 heavy (non-hydrogen) atoms. The van der Waals surface area contributed by atoms with Gasteiger partial charge in [0.05, 0.1) is 19.0 Å². The Morgan fingerprint density at radius 2 is 2.04 bits per heavy atom. The molecule has 0 fully saturated rings. The second kappa shape index (κ2) is 6.91. The standard InChI is InChI=1S/C17H15FN4O2/c1-24-16-7-6-13(10-19-16)20-17(23)15-9-14(21-22-15)8-11-2-4-12(18)5-3-11/h2-7,9-10H,8H2,1H3,(H,20,23)(H,21,22). The molecule has 0 radical (unpaired) electrons. The lowest BCUT2D eigenvalue weighted by molar-refractivity contribution is 0.102. The first-order valence-electron chi connectivity index (χ1n) is 7.24. The Morgan fingerprint density at radius 1 is 1.25 bits per heavy atom. The van der Waals surface area contributed by atoms with Gasteiger partial charge < -0.3 is 10.1 Å². The Balaban J connectivity index is 1.65. The van der Waals surface area contributed by atoms with Crippen molar-refractivity contribution in [3.63, 3.8) is 0 Å². The number of carbonyl (C=O) groups excluding carboxylic acids is 1. The second-order valence-corrected chi connectivity index (χ2v) is 5.13. The number of benzene rings is 1. The molecule has 0 aliphatic heterocycles. The Hall–Kier alpha value is -3.22. The molecule has 0 bridgehead atoms. The molecule has 0 saturated carbocycles. The highest BCUT2D eigenvalue weighted by Gasteiger charge is 2.11. The van der Waals surface area contributed by atoms with Gasteiger partial charge in [0, 0.05) is 18.2 Å². The van der Waals surface area contributed by atoms with E-state index in [4.69, 9.17) is 4.74 Å². The first-order chi connectivity index (χ1) is 11.6. The van der Waals surface area contributed by atoms with Crippen molar-refractivity contribution in [3.8, 4) is 5.88 Å². The third kappa shape index (κ3) is 3.75. The number of aromatic nitrogens is 3. The topological polar surface area (TPSA) is 79.9 Å². The maximum Gasteiger partial charge on any atom is 0.276 e. The number of aromatic amines is 1. The molecule has 6 nitrogen and oxygen atoms in total. The summed E-state index contributed by atoms with van der Waals surface area (Å²) in [6.45, 7) is 0. The van der Waals surface area contributed by atoms with Crippen LogP contribution < -0.4 is 10.1 Å². The van der Waals surface area contributed by atoms with Crippen molar-refractivity contribution in [2.45, 2.75) is 6.42 Å². The van der Waals surface area contributed by atoms with Gasteiger partial charge in [0.2, 0.25) is 5.88 Å². The van der Waals surface area contributed by atoms with E-state index in [1.165, 1.54) is 25.4 Å². The summed E-state index contributed by atoms with van der Waals surface area (Å²) >= 11 is 0. The first-order valence-corrected chi connectivity index (χ1v) is 7.24. The van der Waals surface area contributed by atoms with E-state index in [-0.39, 0.29) is 17.4 Å². The number of amides is 1. The molecule has 0 spiro atoms. The number of nitrogens with one attached hydrogen (secondary N) is 2. The minimum Gasteiger partial charge on any atom is -0.481 e. The highest BCUT2D eigenvalue weighted by molar-refractivity contribution is 6.02. The van der Waals surface area contributed by atoms with E-state index in [1.54, 1.807) is 30.3 Å². The van der Waals surface area contributed by atoms with Gasteiger partial charge in [0.15, 0.2) is 5.69 Å². The van der Waals surface area contributed by atoms with Crippen LogP contribution in [0.25, 0.3) is 0 Å². The zero-order valence-electron chi connectivity index (χ0n) is 12.9. The van der Waals surface area contributed by atoms with Crippen LogP contribution in [0.1, 0.15) is 21.7 Å². The van der Waals surface area contributed by atoms with Crippen LogP contribution in [0.5, 0.6) is 5.88 Å². The lowest BCUT2D eigenvalue weighted by atomic mass is 10.1. The van der Waals surface area contributed by atoms with Gasteiger partial charge in [-0.05, 0) is 29.8 Å². The molecule has 2 aromatic heterocycles. The lowest BCUT2D eigenvalue weighted by Gasteiger charge is -2.03. The third-order valence-corrected chi connectivity index (χ3v) is 3.37. The van der Waals surface area contributed by atoms with E-state index in [0.717, 1.165) is 11.3 Å². The largest absolute Gasteiger partial charge is 0.481 e. The molecule has 0 aliphatic carbocycles. The molecule has 0 saturated heterocycles. The number of hydrogen-bond acceptors (Lipinski definition) is 4. The first kappa shape index (κ1) is 15.7. The summed E-state index contributed by atoms with van der Waals surface area (Å²) < 4.78 is 17.9. The SMILES string of the molecule is COc1ccc(NC(=O)c2cc(Cc3ccc(F)cc3)[nH]n2)cn1. The van der Waals surface area contributed by atoms with E-state index in [2.05, 4.69) is 20.5 Å². The normalized spacial score (nSPS) is 10.4. The van der Waals surface area contributed by atoms with Crippen molar-refractivity contribution in [1.82, 2.24) is 15.2 Å². The number of ether oxygens (including phenoxy) is 1. The predicted molar refractivity (Wildman–Crippen MR) is 86.5 cm³/mol. The minimum absolute atomic E-state index is 0.267. The number of methoxy groups -OCH3 is 1. The molecule has 0 aliphatic rings. The van der Waals surface area contributed by atoms with Crippen molar-refractivity contribution in [2.75, 3.05) is 12.4 Å². The number of H-pyrrole nitrogens is 1. The molecule has 1 amide bonds. The summed E-state index contributed by atoms with van der Waals surface area (Å²) in [7, 11) is 1.52. The number of halogens is 1. The average Bonchev–Trinajstić information content (AvgIpc) is 3.06. The van der Waals surface area contributed by atoms with Crippen LogP contribution in [0.15, 0.2) is 48.7 Å². The van der Waals surface area contributed by atoms with Crippen molar-refractivity contribution in [3.05, 3.63) is 71.4 Å². The second-order valence-electron chi connectivity index (χ2n) is 5.13. The van der Waals surface area contributed by atoms with Gasteiger partial charge in [0.25, 0.3) is 5.91 Å². The predicted octanol–water partition coefficient (Wildman–Crippen LogP) is 2.80. The number of carbonyl (C=O) groups is 1. The van der Waals surface area contributed by atoms with Crippen LogP contribution in [-0.4, -0.2) is 28.2 Å². The van der Waals surface area contributed by atoms with Gasteiger partial charge in [0.1, 0.15) is 5.82 Å². The van der Waals surface area contributed by atoms with Crippen molar-refractivity contribution < 1.29 is 13.9 Å². The molecule has 7 heteroatoms. The van der Waals surface area contributed by atoms with E-state index < -0.39 is 0 Å². The number of nitrogens with zero attached hydrogens (tertiary/aromatic N) is 2. The smallest absolute Gasteiger partial charge is 0.276 e. The summed E-state index contributed by atoms with van der Waals surface area (Å²) in [6.07, 6.45) is 2.04. The third-order valence-electron chi connectivity index (χ3n) is 3.37. The maximum atomic E-state index is 12.9. The minimum atomic E-state index is -0.344. The zero-order chi connectivity index (χ0) is 16.9. The average molecular weight is 326 g/mol. The van der Waals surface area contributed by atoms with E-state index in [0.29, 0.717) is 18.0 Å². The van der Waals surface area contributed by atoms with Gasteiger partial charge in [-0.1, -0.05) is 12.1 Å². The fourth-order valence-corrected chi connectivity index (χ4v) is 2.16. The Labute approximate surface area is 137 Å². The van der Waals surface area contributed by atoms with Crippen LogP contribution in [0.4, 0.5) is 10.1 Å². The number of hydrogen-bond donors (Lipinski definition) is 2. The summed E-state index contributed by atoms with van der Waals surface area (Å²) in [6, 6.07) is 11.2. The van der Waals surface area contributed by atoms with Gasteiger partial charge in [-0.2, -0.15) is 5.10 Å². The monoisotopic (exact) mass is 326 g/mol. The van der Waals surface area contributed by atoms with Crippen molar-refractivity contribution in [1.29, 1.82) is 0 Å². The molecule has 2 N–H and O–H groups in total. The summed E-state index contributed by atoms with van der Waals surface area (Å²) in [5, 5.41) is 9.52. The fraction of sp³-hybridized carbons (Fsp3) is 0.118. The number of pyridine rings is 1. The molecule has 2 heterocycles. The van der Waals surface area contributed by atoms with Crippen LogP contribution in [-0.2, 0) is 6.42 Å². The molecule has 122 valence electrons. The van der Waals surface area contributed by atoms with Crippen molar-refractivity contribution >= 4 is 11.6 Å². The molecule has 0 unspecified atom stereocenters. The van der Waals surface area contributed by atoms with Crippen LogP contribution in [0.2, 0.25) is 0 Å². The Morgan fingerprint density at radius 3 is 2.71 bits per heavy atom. The highest BCUT2D eigenvalue weighted by atomic mass is 19.1. The van der Waals surface area contributed by atoms with Gasteiger partial charge in [-0.25, -0.2) is 9.37 Å². The van der Waals surface area contributed by atoms with Gasteiger partial charge in [-0.3, -0.25) is 9.89 Å². The van der Waals surface area contributed by atoms with Crippen molar-refractivity contribution in [2.24, 2.45) is 0 Å². The number of rotatable bonds is 5. The van der Waals surface area contributed by atoms with Crippen LogP contribution >= 0.6 is 0 Å². The van der Waals surface area contributed by atoms with Crippen LogP contribution in [0, 0.1) is 5.82 Å². The summed E-state index contributed by atoms with van der Waals surface area (Å²) in [5.74, 6) is -0.158. The lowest BCUT2D eigenvalue weighted by Crippen LogP contribution is -2.12. The van der Waals surface area contributed by atoms with E-state index in [1.807, 2.05) is 0 Å². The van der Waals surface area contributed by atoms with Gasteiger partial charge >= 0.3 is 0 Å². The van der Waals surface area contributed by atoms with E-state index in [9.17, 15) is 9.18 Å². The Bertz CT molecular complexity index is 829. The molecular weight excluding hydrogens is 311 g/mol. The van der Waals surface area contributed by atoms with Crippen LogP contribution in [0.3, 0.4) is 0 Å². The molecule has 0 atom stereocenters. The van der Waals surface area contributed by atoms with Gasteiger partial charge in [-0.15, -0.1) is 0 Å². The molecule has 1 aromatic carbocycles.